The Morgan fingerprint density at radius 3 is 2.72 bits per heavy atom. The molecule has 136 valence electrons. The summed E-state index contributed by atoms with van der Waals surface area (Å²) in [5.74, 6) is -0.0192. The second kappa shape index (κ2) is 7.72. The number of nitrogens with one attached hydrogen (secondary N) is 1. The smallest absolute Gasteiger partial charge is 0.407 e. The Bertz CT molecular complexity index is 661. The van der Waals surface area contributed by atoms with E-state index in [2.05, 4.69) is 11.9 Å². The van der Waals surface area contributed by atoms with Crippen LogP contribution >= 0.6 is 0 Å². The van der Waals surface area contributed by atoms with Gasteiger partial charge in [-0.3, -0.25) is 4.79 Å². The van der Waals surface area contributed by atoms with Crippen molar-refractivity contribution in [3.63, 3.8) is 0 Å². The molecule has 0 aliphatic carbocycles. The second-order valence-electron chi connectivity index (χ2n) is 7.48. The van der Waals surface area contributed by atoms with E-state index >= 15 is 0 Å². The van der Waals surface area contributed by atoms with Gasteiger partial charge in [-0.2, -0.15) is 0 Å². The lowest BCUT2D eigenvalue weighted by molar-refractivity contribution is 0.0452. The number of alkyl carbamates (subject to hydrolysis) is 1. The molecule has 1 aliphatic rings. The number of nitrogens with zero attached hydrogens (tertiary/aromatic N) is 1. The molecule has 0 aromatic heterocycles. The molecule has 1 fully saturated rings. The minimum Gasteiger partial charge on any atom is -0.444 e. The van der Waals surface area contributed by atoms with Gasteiger partial charge in [-0.05, 0) is 57.7 Å². The van der Waals surface area contributed by atoms with Crippen LogP contribution in [0.5, 0.6) is 0 Å². The van der Waals surface area contributed by atoms with Gasteiger partial charge in [0.25, 0.3) is 5.91 Å². The number of amides is 2. The molecular formula is C20H28N2O3. The number of carbonyl (C=O) groups is 2. The van der Waals surface area contributed by atoms with Crippen molar-refractivity contribution in [2.45, 2.75) is 52.2 Å². The van der Waals surface area contributed by atoms with Gasteiger partial charge in [-0.1, -0.05) is 24.8 Å². The van der Waals surface area contributed by atoms with Crippen LogP contribution in [0.2, 0.25) is 0 Å². The Hall–Kier alpha value is -2.30. The van der Waals surface area contributed by atoms with Crippen LogP contribution in [0, 0.1) is 6.92 Å². The highest BCUT2D eigenvalue weighted by molar-refractivity contribution is 5.98. The van der Waals surface area contributed by atoms with E-state index in [-0.39, 0.29) is 11.9 Å². The van der Waals surface area contributed by atoms with Crippen LogP contribution in [0.1, 0.15) is 55.1 Å². The predicted octanol–water partition coefficient (Wildman–Crippen LogP) is 3.77. The van der Waals surface area contributed by atoms with Crippen molar-refractivity contribution in [3.05, 3.63) is 41.5 Å². The lowest BCUT2D eigenvalue weighted by Crippen LogP contribution is -2.50. The second-order valence-corrected chi connectivity index (χ2v) is 7.48. The van der Waals surface area contributed by atoms with Crippen molar-refractivity contribution in [1.82, 2.24) is 10.2 Å². The van der Waals surface area contributed by atoms with Crippen LogP contribution in [-0.4, -0.2) is 41.6 Å². The van der Waals surface area contributed by atoms with E-state index in [1.165, 1.54) is 0 Å². The first-order valence-corrected chi connectivity index (χ1v) is 8.72. The molecule has 5 heteroatoms. The van der Waals surface area contributed by atoms with Gasteiger partial charge in [0, 0.05) is 24.7 Å². The van der Waals surface area contributed by atoms with E-state index < -0.39 is 11.7 Å². The first-order chi connectivity index (χ1) is 11.7. The average molecular weight is 344 g/mol. The van der Waals surface area contributed by atoms with Gasteiger partial charge in [0.15, 0.2) is 0 Å². The Balaban J connectivity index is 2.06. The van der Waals surface area contributed by atoms with Crippen LogP contribution in [-0.2, 0) is 4.74 Å². The summed E-state index contributed by atoms with van der Waals surface area (Å²) < 4.78 is 5.31. The highest BCUT2D eigenvalue weighted by Gasteiger charge is 2.28. The van der Waals surface area contributed by atoms with Crippen molar-refractivity contribution in [1.29, 1.82) is 0 Å². The van der Waals surface area contributed by atoms with Gasteiger partial charge in [-0.25, -0.2) is 4.79 Å². The summed E-state index contributed by atoms with van der Waals surface area (Å²) >= 11 is 0. The van der Waals surface area contributed by atoms with Crippen LogP contribution in [0.4, 0.5) is 4.79 Å². The first-order valence-electron chi connectivity index (χ1n) is 8.72. The fourth-order valence-corrected chi connectivity index (χ4v) is 3.06. The summed E-state index contributed by atoms with van der Waals surface area (Å²) in [5, 5.41) is 2.88. The van der Waals surface area contributed by atoms with E-state index in [4.69, 9.17) is 4.74 Å². The molecule has 1 aliphatic heterocycles. The quantitative estimate of drug-likeness (QED) is 0.908. The zero-order chi connectivity index (χ0) is 18.6. The topological polar surface area (TPSA) is 58.6 Å². The lowest BCUT2D eigenvalue weighted by atomic mass is 9.99. The normalized spacial score (nSPS) is 17.8. The van der Waals surface area contributed by atoms with Crippen LogP contribution in [0.25, 0.3) is 6.08 Å². The first kappa shape index (κ1) is 19.0. The molecule has 1 aromatic carbocycles. The molecule has 0 unspecified atom stereocenters. The zero-order valence-corrected chi connectivity index (χ0v) is 15.6. The van der Waals surface area contributed by atoms with Crippen molar-refractivity contribution < 1.29 is 14.3 Å². The molecule has 25 heavy (non-hydrogen) atoms. The fourth-order valence-electron chi connectivity index (χ4n) is 3.06. The number of benzene rings is 1. The molecule has 2 rings (SSSR count). The van der Waals surface area contributed by atoms with Gasteiger partial charge < -0.3 is 15.0 Å². The van der Waals surface area contributed by atoms with E-state index in [0.29, 0.717) is 18.7 Å². The molecule has 1 saturated heterocycles. The van der Waals surface area contributed by atoms with Gasteiger partial charge in [0.2, 0.25) is 0 Å². The number of rotatable bonds is 3. The third-order valence-electron chi connectivity index (χ3n) is 4.19. The summed E-state index contributed by atoms with van der Waals surface area (Å²) in [6.45, 7) is 12.5. The van der Waals surface area contributed by atoms with Crippen LogP contribution < -0.4 is 5.32 Å². The number of ether oxygens (including phenoxy) is 1. The molecule has 0 spiro atoms. The minimum absolute atomic E-state index is 0.0192. The summed E-state index contributed by atoms with van der Waals surface area (Å²) in [6, 6.07) is 5.59. The molecule has 5 nitrogen and oxygen atoms in total. The Kier molecular flexibility index (Phi) is 5.88. The van der Waals surface area contributed by atoms with Crippen molar-refractivity contribution in [2.24, 2.45) is 0 Å². The third-order valence-corrected chi connectivity index (χ3v) is 4.19. The van der Waals surface area contributed by atoms with Crippen molar-refractivity contribution in [2.75, 3.05) is 13.1 Å². The minimum atomic E-state index is -0.533. The maximum atomic E-state index is 12.9. The molecule has 0 bridgehead atoms. The number of piperidine rings is 1. The van der Waals surface area contributed by atoms with Crippen LogP contribution in [0.3, 0.4) is 0 Å². The summed E-state index contributed by atoms with van der Waals surface area (Å²) in [4.78, 5) is 26.7. The van der Waals surface area contributed by atoms with E-state index in [0.717, 1.165) is 24.0 Å². The standard InChI is InChI=1S/C20H28N2O3/c1-6-16-14(2)9-7-11-17(16)18(23)22-12-8-10-15(13-22)21-19(24)25-20(3,4)5/h6-7,9,11,15H,1,8,10,12-13H2,2-5H3,(H,21,24)/t15-/m1/s1. The molecule has 1 aromatic rings. The Morgan fingerprint density at radius 1 is 1.36 bits per heavy atom. The predicted molar refractivity (Wildman–Crippen MR) is 99.6 cm³/mol. The number of hydrogen-bond donors (Lipinski definition) is 1. The lowest BCUT2D eigenvalue weighted by Gasteiger charge is -2.34. The fraction of sp³-hybridized carbons (Fsp3) is 0.500. The number of likely N-dealkylation sites (tertiary alicyclic amines) is 1. The molecule has 2 amide bonds. The van der Waals surface area contributed by atoms with Crippen LogP contribution in [0.15, 0.2) is 24.8 Å². The number of aryl methyl sites for hydroxylation is 1. The molecule has 0 radical (unpaired) electrons. The highest BCUT2D eigenvalue weighted by Crippen LogP contribution is 2.20. The van der Waals surface area contributed by atoms with Gasteiger partial charge in [-0.15, -0.1) is 0 Å². The molecule has 1 atom stereocenters. The maximum Gasteiger partial charge on any atom is 0.407 e. The average Bonchev–Trinajstić information content (AvgIpc) is 2.52. The molecule has 0 saturated carbocycles. The van der Waals surface area contributed by atoms with E-state index in [1.807, 2.05) is 45.9 Å². The number of carbonyl (C=O) groups excluding carboxylic acids is 2. The van der Waals surface area contributed by atoms with Gasteiger partial charge in [0.05, 0.1) is 0 Å². The molecule has 1 N–H and O–H groups in total. The maximum absolute atomic E-state index is 12.9. The zero-order valence-electron chi connectivity index (χ0n) is 15.6. The monoisotopic (exact) mass is 344 g/mol. The third kappa shape index (κ3) is 5.08. The Labute approximate surface area is 150 Å². The highest BCUT2D eigenvalue weighted by atomic mass is 16.6. The summed E-state index contributed by atoms with van der Waals surface area (Å²) in [6.07, 6.45) is 2.98. The van der Waals surface area contributed by atoms with E-state index in [9.17, 15) is 9.59 Å². The van der Waals surface area contributed by atoms with E-state index in [1.54, 1.807) is 11.0 Å². The SMILES string of the molecule is C=Cc1c(C)cccc1C(=O)N1CCC[C@@H](NC(=O)OC(C)(C)C)C1. The Morgan fingerprint density at radius 2 is 2.08 bits per heavy atom. The molecule has 1 heterocycles. The summed E-state index contributed by atoms with van der Waals surface area (Å²) in [5.41, 5.74) is 2.03. The largest absolute Gasteiger partial charge is 0.444 e. The molecular weight excluding hydrogens is 316 g/mol. The summed E-state index contributed by atoms with van der Waals surface area (Å²) in [7, 11) is 0. The van der Waals surface area contributed by atoms with Gasteiger partial charge in [0.1, 0.15) is 5.60 Å². The van der Waals surface area contributed by atoms with Crippen molar-refractivity contribution >= 4 is 18.1 Å². The van der Waals surface area contributed by atoms with Gasteiger partial charge >= 0.3 is 6.09 Å². The number of hydrogen-bond acceptors (Lipinski definition) is 3. The van der Waals surface area contributed by atoms with Crippen molar-refractivity contribution in [3.8, 4) is 0 Å².